The van der Waals surface area contributed by atoms with Gasteiger partial charge in [-0.15, -0.1) is 0 Å². The zero-order valence-electron chi connectivity index (χ0n) is 10.9. The van der Waals surface area contributed by atoms with Crippen LogP contribution in [0.2, 0.25) is 0 Å². The number of halogens is 2. The second kappa shape index (κ2) is 6.15. The molecule has 2 atom stereocenters. The second-order valence-corrected chi connectivity index (χ2v) is 6.91. The lowest BCUT2D eigenvalue weighted by atomic mass is 9.87. The maximum absolute atomic E-state index is 13.0. The molecule has 0 bridgehead atoms. The van der Waals surface area contributed by atoms with Gasteiger partial charge >= 0.3 is 0 Å². The molecule has 1 aliphatic carbocycles. The summed E-state index contributed by atoms with van der Waals surface area (Å²) in [5.74, 6) is -1.82. The number of nitrogens with one attached hydrogen (secondary N) is 1. The van der Waals surface area contributed by atoms with Crippen LogP contribution in [-0.2, 0) is 10.0 Å². The molecule has 1 aromatic rings. The summed E-state index contributed by atoms with van der Waals surface area (Å²) in [6.07, 6.45) is 2.56. The lowest BCUT2D eigenvalue weighted by molar-refractivity contribution is 0.102. The summed E-state index contributed by atoms with van der Waals surface area (Å²) in [7, 11) is -3.93. The molecule has 1 saturated carbocycles. The normalized spacial score (nSPS) is 23.8. The predicted octanol–water partition coefficient (Wildman–Crippen LogP) is 1.79. The van der Waals surface area contributed by atoms with Gasteiger partial charge in [0.1, 0.15) is 11.6 Å². The Morgan fingerprint density at radius 1 is 1.20 bits per heavy atom. The number of aliphatic hydroxyl groups excluding tert-OH is 1. The van der Waals surface area contributed by atoms with E-state index in [2.05, 4.69) is 4.72 Å². The molecule has 0 saturated heterocycles. The Kier molecular flexibility index (Phi) is 4.72. The second-order valence-electron chi connectivity index (χ2n) is 5.14. The topological polar surface area (TPSA) is 66.4 Å². The first-order valence-electron chi connectivity index (χ1n) is 6.50. The molecule has 1 aliphatic rings. The van der Waals surface area contributed by atoms with E-state index >= 15 is 0 Å². The van der Waals surface area contributed by atoms with Crippen molar-refractivity contribution < 1.29 is 22.3 Å². The van der Waals surface area contributed by atoms with Crippen molar-refractivity contribution >= 4 is 10.0 Å². The Balaban J connectivity index is 2.03. The first kappa shape index (κ1) is 15.3. The third kappa shape index (κ3) is 3.97. The van der Waals surface area contributed by atoms with Crippen LogP contribution < -0.4 is 4.72 Å². The summed E-state index contributed by atoms with van der Waals surface area (Å²) in [6.45, 7) is 0.164. The van der Waals surface area contributed by atoms with Crippen molar-refractivity contribution in [3.63, 3.8) is 0 Å². The molecule has 112 valence electrons. The van der Waals surface area contributed by atoms with Gasteiger partial charge in [-0.05, 0) is 37.3 Å². The molecule has 7 heteroatoms. The van der Waals surface area contributed by atoms with Crippen molar-refractivity contribution in [1.82, 2.24) is 4.72 Å². The van der Waals surface area contributed by atoms with Crippen LogP contribution in [0.25, 0.3) is 0 Å². The van der Waals surface area contributed by atoms with Gasteiger partial charge in [0.15, 0.2) is 0 Å². The minimum atomic E-state index is -3.93. The van der Waals surface area contributed by atoms with Crippen molar-refractivity contribution in [2.45, 2.75) is 36.7 Å². The molecular weight excluding hydrogens is 288 g/mol. The van der Waals surface area contributed by atoms with Gasteiger partial charge in [-0.3, -0.25) is 0 Å². The standard InChI is InChI=1S/C13H17F2NO3S/c14-10-5-11(15)7-13(6-10)20(18,19)16-8-9-2-1-3-12(17)4-9/h5-7,9,12,16-17H,1-4,8H2. The summed E-state index contributed by atoms with van der Waals surface area (Å²) >= 11 is 0. The van der Waals surface area contributed by atoms with E-state index < -0.39 is 32.7 Å². The molecule has 2 N–H and O–H groups in total. The van der Waals surface area contributed by atoms with Gasteiger partial charge in [0.25, 0.3) is 0 Å². The Morgan fingerprint density at radius 2 is 1.85 bits per heavy atom. The molecule has 20 heavy (non-hydrogen) atoms. The highest BCUT2D eigenvalue weighted by Gasteiger charge is 2.23. The Hall–Kier alpha value is -1.05. The molecule has 1 fully saturated rings. The van der Waals surface area contributed by atoms with E-state index in [1.54, 1.807) is 0 Å². The van der Waals surface area contributed by atoms with Gasteiger partial charge in [0.05, 0.1) is 11.0 Å². The van der Waals surface area contributed by atoms with Crippen molar-refractivity contribution in [2.75, 3.05) is 6.54 Å². The summed E-state index contributed by atoms with van der Waals surface area (Å²) in [4.78, 5) is -0.425. The Labute approximate surface area is 116 Å². The van der Waals surface area contributed by atoms with Crippen LogP contribution in [0.5, 0.6) is 0 Å². The van der Waals surface area contributed by atoms with Crippen LogP contribution in [0.1, 0.15) is 25.7 Å². The zero-order chi connectivity index (χ0) is 14.8. The largest absolute Gasteiger partial charge is 0.393 e. The monoisotopic (exact) mass is 305 g/mol. The van der Waals surface area contributed by atoms with Crippen molar-refractivity contribution in [2.24, 2.45) is 5.92 Å². The van der Waals surface area contributed by atoms with Gasteiger partial charge < -0.3 is 5.11 Å². The van der Waals surface area contributed by atoms with Gasteiger partial charge in [-0.25, -0.2) is 21.9 Å². The average Bonchev–Trinajstić information content (AvgIpc) is 2.35. The number of rotatable bonds is 4. The average molecular weight is 305 g/mol. The summed E-state index contributed by atoms with van der Waals surface area (Å²) in [5, 5.41) is 9.52. The van der Waals surface area contributed by atoms with Crippen molar-refractivity contribution in [3.8, 4) is 0 Å². The van der Waals surface area contributed by atoms with E-state index in [1.165, 1.54) is 0 Å². The predicted molar refractivity (Wildman–Crippen MR) is 69.5 cm³/mol. The first-order chi connectivity index (χ1) is 9.37. The third-order valence-corrected chi connectivity index (χ3v) is 4.87. The summed E-state index contributed by atoms with van der Waals surface area (Å²) in [5.41, 5.74) is 0. The molecule has 1 aromatic carbocycles. The van der Waals surface area contributed by atoms with E-state index in [0.29, 0.717) is 12.5 Å². The van der Waals surface area contributed by atoms with Gasteiger partial charge in [-0.1, -0.05) is 6.42 Å². The van der Waals surface area contributed by atoms with E-state index in [0.717, 1.165) is 31.4 Å². The maximum atomic E-state index is 13.0. The quantitative estimate of drug-likeness (QED) is 0.891. The number of hydrogen-bond donors (Lipinski definition) is 2. The minimum Gasteiger partial charge on any atom is -0.393 e. The fourth-order valence-corrected chi connectivity index (χ4v) is 3.60. The highest BCUT2D eigenvalue weighted by Crippen LogP contribution is 2.24. The van der Waals surface area contributed by atoms with Gasteiger partial charge in [-0.2, -0.15) is 0 Å². The van der Waals surface area contributed by atoms with E-state index in [9.17, 15) is 22.3 Å². The van der Waals surface area contributed by atoms with E-state index in [4.69, 9.17) is 0 Å². The number of sulfonamides is 1. The van der Waals surface area contributed by atoms with Crippen LogP contribution in [0.3, 0.4) is 0 Å². The van der Waals surface area contributed by atoms with Crippen molar-refractivity contribution in [3.05, 3.63) is 29.8 Å². The Bertz CT molecular complexity index is 557. The maximum Gasteiger partial charge on any atom is 0.240 e. The SMILES string of the molecule is O=S(=O)(NCC1CCCC(O)C1)c1cc(F)cc(F)c1. The first-order valence-corrected chi connectivity index (χ1v) is 7.99. The van der Waals surface area contributed by atoms with Crippen LogP contribution in [0.4, 0.5) is 8.78 Å². The van der Waals surface area contributed by atoms with Gasteiger partial charge in [0.2, 0.25) is 10.0 Å². The number of aliphatic hydroxyl groups is 1. The fraction of sp³-hybridized carbons (Fsp3) is 0.538. The highest BCUT2D eigenvalue weighted by atomic mass is 32.2. The fourth-order valence-electron chi connectivity index (χ4n) is 2.44. The Morgan fingerprint density at radius 3 is 2.45 bits per heavy atom. The number of hydrogen-bond acceptors (Lipinski definition) is 3. The van der Waals surface area contributed by atoms with Crippen molar-refractivity contribution in [1.29, 1.82) is 0 Å². The van der Waals surface area contributed by atoms with E-state index in [1.807, 2.05) is 0 Å². The molecule has 0 amide bonds. The molecule has 4 nitrogen and oxygen atoms in total. The molecule has 0 spiro atoms. The molecule has 0 heterocycles. The van der Waals surface area contributed by atoms with Crippen LogP contribution in [-0.4, -0.2) is 26.2 Å². The molecule has 0 aromatic heterocycles. The van der Waals surface area contributed by atoms with E-state index in [-0.39, 0.29) is 12.5 Å². The number of benzene rings is 1. The lowest BCUT2D eigenvalue weighted by Gasteiger charge is -2.25. The molecule has 0 aliphatic heterocycles. The highest BCUT2D eigenvalue weighted by molar-refractivity contribution is 7.89. The van der Waals surface area contributed by atoms with Crippen LogP contribution >= 0.6 is 0 Å². The molecule has 2 unspecified atom stereocenters. The molecule has 2 rings (SSSR count). The molecular formula is C13H17F2NO3S. The summed E-state index contributed by atoms with van der Waals surface area (Å²) in [6, 6.07) is 2.18. The third-order valence-electron chi connectivity index (χ3n) is 3.46. The van der Waals surface area contributed by atoms with Gasteiger partial charge in [0, 0.05) is 12.6 Å². The summed E-state index contributed by atoms with van der Waals surface area (Å²) < 4.78 is 52.3. The van der Waals surface area contributed by atoms with Crippen LogP contribution in [0, 0.1) is 17.6 Å². The lowest BCUT2D eigenvalue weighted by Crippen LogP contribution is -2.33. The molecule has 0 radical (unpaired) electrons. The zero-order valence-corrected chi connectivity index (χ0v) is 11.7. The smallest absolute Gasteiger partial charge is 0.240 e. The van der Waals surface area contributed by atoms with Crippen LogP contribution in [0.15, 0.2) is 23.1 Å². The minimum absolute atomic E-state index is 0.0481.